The van der Waals surface area contributed by atoms with Crippen molar-refractivity contribution >= 4 is 17.9 Å². The predicted molar refractivity (Wildman–Crippen MR) is 137 cm³/mol. The number of likely N-dealkylation sites (tertiary alicyclic amines) is 2. The number of nitrogens with zero attached hydrogens (tertiary/aromatic N) is 3. The van der Waals surface area contributed by atoms with E-state index in [1.807, 2.05) is 30.7 Å². The smallest absolute Gasteiger partial charge is 0.475 e. The fourth-order valence-corrected chi connectivity index (χ4v) is 4.54. The summed E-state index contributed by atoms with van der Waals surface area (Å²) in [5, 5.41) is 21.4. The minimum absolute atomic E-state index is 0.364. The largest absolute Gasteiger partial charge is 0.490 e. The van der Waals surface area contributed by atoms with E-state index in [1.165, 1.54) is 18.5 Å². The maximum atomic E-state index is 10.6. The van der Waals surface area contributed by atoms with Gasteiger partial charge in [0.1, 0.15) is 0 Å². The molecule has 1 spiro atoms. The molecular formula is C26H30F9N3O8. The van der Waals surface area contributed by atoms with Gasteiger partial charge in [0, 0.05) is 49.3 Å². The van der Waals surface area contributed by atoms with Crippen molar-refractivity contribution in [1.29, 1.82) is 0 Å². The van der Waals surface area contributed by atoms with Crippen LogP contribution >= 0.6 is 0 Å². The number of aliphatic carboxylic acids is 3. The first-order chi connectivity index (χ1) is 21.1. The number of alkyl halides is 9. The Morgan fingerprint density at radius 1 is 0.935 bits per heavy atom. The Kier molecular flexibility index (Phi) is 14.9. The summed E-state index contributed by atoms with van der Waals surface area (Å²) < 4.78 is 106. The number of carboxylic acid groups (broad SMARTS) is 3. The normalized spacial score (nSPS) is 20.1. The van der Waals surface area contributed by atoms with Gasteiger partial charge in [-0.15, -0.1) is 0 Å². The number of hydrogen-bond donors (Lipinski definition) is 3. The molecule has 4 heterocycles. The molecule has 20 heteroatoms. The van der Waals surface area contributed by atoms with Crippen molar-refractivity contribution in [2.45, 2.75) is 38.1 Å². The zero-order valence-electron chi connectivity index (χ0n) is 23.9. The molecule has 2 aliphatic rings. The summed E-state index contributed by atoms with van der Waals surface area (Å²) in [4.78, 5) is 36.1. The summed E-state index contributed by atoms with van der Waals surface area (Å²) in [5.41, 5.74) is 2.64. The Morgan fingerprint density at radius 2 is 1.48 bits per heavy atom. The van der Waals surface area contributed by atoms with Crippen molar-refractivity contribution in [3.05, 3.63) is 54.2 Å². The highest BCUT2D eigenvalue weighted by Gasteiger charge is 2.49. The van der Waals surface area contributed by atoms with Gasteiger partial charge in [0.25, 0.3) is 0 Å². The number of pyridine rings is 1. The summed E-state index contributed by atoms with van der Waals surface area (Å²) in [6.07, 6.45) is -8.54. The Balaban J connectivity index is 0.000000413. The molecular weight excluding hydrogens is 653 g/mol. The number of carbonyl (C=O) groups is 3. The lowest BCUT2D eigenvalue weighted by atomic mass is 9.77. The monoisotopic (exact) mass is 683 g/mol. The molecule has 0 aliphatic carbocycles. The van der Waals surface area contributed by atoms with E-state index in [1.54, 1.807) is 6.26 Å². The predicted octanol–water partition coefficient (Wildman–Crippen LogP) is 4.55. The van der Waals surface area contributed by atoms with E-state index >= 15 is 0 Å². The number of carboxylic acids is 3. The highest BCUT2D eigenvalue weighted by atomic mass is 19.4. The van der Waals surface area contributed by atoms with E-state index in [-0.39, 0.29) is 0 Å². The molecule has 2 aromatic rings. The second kappa shape index (κ2) is 17.1. The van der Waals surface area contributed by atoms with E-state index in [9.17, 15) is 39.5 Å². The molecule has 2 aliphatic heterocycles. The van der Waals surface area contributed by atoms with Gasteiger partial charge in [0.05, 0.1) is 31.4 Å². The maximum absolute atomic E-state index is 10.6. The molecule has 0 aromatic carbocycles. The Labute approximate surface area is 255 Å². The van der Waals surface area contributed by atoms with Crippen molar-refractivity contribution in [3.63, 3.8) is 0 Å². The van der Waals surface area contributed by atoms with Crippen LogP contribution in [-0.2, 0) is 32.3 Å². The zero-order chi connectivity index (χ0) is 35.3. The number of aromatic nitrogens is 1. The van der Waals surface area contributed by atoms with Crippen molar-refractivity contribution in [1.82, 2.24) is 14.8 Å². The summed E-state index contributed by atoms with van der Waals surface area (Å²) in [6, 6.07) is 8.05. The van der Waals surface area contributed by atoms with Crippen LogP contribution < -0.4 is 0 Å². The van der Waals surface area contributed by atoms with Gasteiger partial charge in [-0.2, -0.15) is 39.5 Å². The molecule has 11 nitrogen and oxygen atoms in total. The third-order valence-corrected chi connectivity index (χ3v) is 6.46. The van der Waals surface area contributed by atoms with Crippen LogP contribution in [0.3, 0.4) is 0 Å². The van der Waals surface area contributed by atoms with Crippen LogP contribution in [0.2, 0.25) is 0 Å². The van der Waals surface area contributed by atoms with Crippen LogP contribution in [0.5, 0.6) is 0 Å². The first-order valence-electron chi connectivity index (χ1n) is 12.9. The molecule has 0 radical (unpaired) electrons. The van der Waals surface area contributed by atoms with Gasteiger partial charge in [-0.25, -0.2) is 14.4 Å². The van der Waals surface area contributed by atoms with Gasteiger partial charge >= 0.3 is 36.4 Å². The molecule has 3 N–H and O–H groups in total. The van der Waals surface area contributed by atoms with Gasteiger partial charge in [-0.3, -0.25) is 9.88 Å². The zero-order valence-corrected chi connectivity index (χ0v) is 23.9. The fourth-order valence-electron chi connectivity index (χ4n) is 4.54. The molecule has 4 rings (SSSR count). The molecule has 2 atom stereocenters. The Hall–Kier alpha value is -3.91. The topological polar surface area (TPSA) is 154 Å². The average molecular weight is 684 g/mol. The van der Waals surface area contributed by atoms with Crippen LogP contribution in [0.1, 0.15) is 17.7 Å². The van der Waals surface area contributed by atoms with Crippen LogP contribution in [0.25, 0.3) is 0 Å². The average Bonchev–Trinajstić information content (AvgIpc) is 3.65. The lowest BCUT2D eigenvalue weighted by Crippen LogP contribution is -2.36. The van der Waals surface area contributed by atoms with E-state index in [0.717, 1.165) is 38.5 Å². The molecule has 0 saturated carbocycles. The van der Waals surface area contributed by atoms with Crippen LogP contribution in [0.4, 0.5) is 39.5 Å². The quantitative estimate of drug-likeness (QED) is 0.368. The first-order valence-corrected chi connectivity index (χ1v) is 12.9. The van der Waals surface area contributed by atoms with Gasteiger partial charge in [-0.05, 0) is 38.2 Å². The lowest BCUT2D eigenvalue weighted by molar-refractivity contribution is -0.193. The second-order valence-electron chi connectivity index (χ2n) is 10.1. The summed E-state index contributed by atoms with van der Waals surface area (Å²) in [6.45, 7) is 7.03. The van der Waals surface area contributed by atoms with Crippen LogP contribution in [-0.4, -0.2) is 106 Å². The third kappa shape index (κ3) is 14.5. The number of furan rings is 1. The minimum Gasteiger partial charge on any atom is -0.475 e. The maximum Gasteiger partial charge on any atom is 0.490 e. The first kappa shape index (κ1) is 40.1. The fraction of sp³-hybridized carbons (Fsp3) is 0.538. The number of rotatable bonds is 6. The number of ether oxygens (including phenoxy) is 1. The second-order valence-corrected chi connectivity index (χ2v) is 10.1. The molecule has 260 valence electrons. The van der Waals surface area contributed by atoms with Crippen LogP contribution in [0.15, 0.2) is 47.4 Å². The molecule has 0 bridgehead atoms. The SMILES string of the molecule is CN1C[C@H](COCc2ccccn2)[C@]2(CCN(Cc3ccoc3)C2)C1.O=C(O)C(F)(F)F.O=C(O)C(F)(F)F.O=C(O)C(F)(F)F. The van der Waals surface area contributed by atoms with E-state index < -0.39 is 36.4 Å². The van der Waals surface area contributed by atoms with Gasteiger partial charge < -0.3 is 29.4 Å². The molecule has 2 fully saturated rings. The summed E-state index contributed by atoms with van der Waals surface area (Å²) in [5.74, 6) is -7.68. The highest BCUT2D eigenvalue weighted by molar-refractivity contribution is 5.73. The molecule has 0 amide bonds. The highest BCUT2D eigenvalue weighted by Crippen LogP contribution is 2.44. The van der Waals surface area contributed by atoms with Crippen molar-refractivity contribution < 1.29 is 78.4 Å². The minimum atomic E-state index is -5.08. The van der Waals surface area contributed by atoms with Gasteiger partial charge in [0.15, 0.2) is 0 Å². The number of hydrogen-bond acceptors (Lipinski definition) is 8. The van der Waals surface area contributed by atoms with Gasteiger partial charge in [0.2, 0.25) is 0 Å². The molecule has 2 aromatic heterocycles. The summed E-state index contributed by atoms with van der Waals surface area (Å²) >= 11 is 0. The summed E-state index contributed by atoms with van der Waals surface area (Å²) in [7, 11) is 2.24. The van der Waals surface area contributed by atoms with E-state index in [0.29, 0.717) is 17.9 Å². The Bertz CT molecular complexity index is 1170. The number of halogens is 9. The van der Waals surface area contributed by atoms with Crippen molar-refractivity contribution in [2.75, 3.05) is 39.8 Å². The molecule has 2 saturated heterocycles. The van der Waals surface area contributed by atoms with Gasteiger partial charge in [-0.1, -0.05) is 6.07 Å². The lowest BCUT2D eigenvalue weighted by Gasteiger charge is -2.30. The molecule has 46 heavy (non-hydrogen) atoms. The van der Waals surface area contributed by atoms with Crippen LogP contribution in [0, 0.1) is 11.3 Å². The van der Waals surface area contributed by atoms with E-state index in [4.69, 9.17) is 38.9 Å². The molecule has 0 unspecified atom stereocenters. The third-order valence-electron chi connectivity index (χ3n) is 6.46. The van der Waals surface area contributed by atoms with Crippen molar-refractivity contribution in [3.8, 4) is 0 Å². The van der Waals surface area contributed by atoms with Crippen molar-refractivity contribution in [2.24, 2.45) is 11.3 Å². The standard InChI is InChI=1S/C20H27N3O2.3C2HF3O2/c1-22-11-18(13-25-14-19-4-2-3-7-21-19)20(15-22)6-8-23(16-20)10-17-5-9-24-12-17;3*3-2(4,5)1(6)7/h2-5,7,9,12,18H,6,8,10-11,13-16H2,1H3;3*(H,6,7)/t18-,20-;;;/m1.../s1. The van der Waals surface area contributed by atoms with E-state index in [2.05, 4.69) is 27.9 Å². The Morgan fingerprint density at radius 3 is 1.91 bits per heavy atom.